The zero-order valence-corrected chi connectivity index (χ0v) is 6.04. The second kappa shape index (κ2) is 2.03. The molecule has 0 bridgehead atoms. The van der Waals surface area contributed by atoms with Crippen LogP contribution in [0.15, 0.2) is 6.20 Å². The average Bonchev–Trinajstić information content (AvgIpc) is 2.11. The quantitative estimate of drug-likeness (QED) is 0.552. The summed E-state index contributed by atoms with van der Waals surface area (Å²) in [6.07, 6.45) is 1.23. The highest BCUT2D eigenvalue weighted by molar-refractivity contribution is 7.87. The molecular formula is C3H6N4O2S. The Labute approximate surface area is 57.8 Å². The van der Waals surface area contributed by atoms with Crippen molar-refractivity contribution in [2.45, 2.75) is 6.92 Å². The Balaban J connectivity index is 3.21. The number of aryl methyl sites for hydroxylation is 1. The van der Waals surface area contributed by atoms with Crippen molar-refractivity contribution in [3.8, 4) is 0 Å². The molecule has 1 aromatic heterocycles. The molecule has 0 unspecified atom stereocenters. The Morgan fingerprint density at radius 2 is 2.30 bits per heavy atom. The molecule has 0 atom stereocenters. The van der Waals surface area contributed by atoms with Gasteiger partial charge < -0.3 is 0 Å². The van der Waals surface area contributed by atoms with Crippen molar-refractivity contribution in [3.63, 3.8) is 0 Å². The Bertz CT molecular complexity index is 326. The molecule has 0 aliphatic rings. The molecule has 0 radical (unpaired) electrons. The van der Waals surface area contributed by atoms with Crippen LogP contribution in [-0.2, 0) is 10.2 Å². The summed E-state index contributed by atoms with van der Waals surface area (Å²) < 4.78 is 21.6. The van der Waals surface area contributed by atoms with E-state index in [4.69, 9.17) is 5.14 Å². The molecule has 0 aliphatic heterocycles. The Morgan fingerprint density at radius 1 is 1.70 bits per heavy atom. The predicted molar refractivity (Wildman–Crippen MR) is 33.3 cm³/mol. The second-order valence-electron chi connectivity index (χ2n) is 1.78. The molecule has 0 aromatic carbocycles. The molecule has 1 heterocycles. The summed E-state index contributed by atoms with van der Waals surface area (Å²) in [6, 6.07) is 0. The van der Waals surface area contributed by atoms with Gasteiger partial charge in [-0.2, -0.15) is 8.42 Å². The Hall–Kier alpha value is -0.950. The van der Waals surface area contributed by atoms with Crippen LogP contribution in [0, 0.1) is 6.92 Å². The standard InChI is InChI=1S/C3H6N4O2S/c1-3-2-7(6-5-3)10(4,8)9/h2H,1H3,(H2,4,8,9). The maximum absolute atomic E-state index is 10.5. The highest BCUT2D eigenvalue weighted by Crippen LogP contribution is 1.89. The van der Waals surface area contributed by atoms with Crippen LogP contribution in [0.25, 0.3) is 0 Å². The van der Waals surface area contributed by atoms with Gasteiger partial charge in [-0.3, -0.25) is 0 Å². The van der Waals surface area contributed by atoms with Gasteiger partial charge in [-0.05, 0) is 6.92 Å². The van der Waals surface area contributed by atoms with Crippen molar-refractivity contribution in [2.75, 3.05) is 0 Å². The fourth-order valence-corrected chi connectivity index (χ4v) is 0.888. The van der Waals surface area contributed by atoms with Crippen LogP contribution in [0.5, 0.6) is 0 Å². The Morgan fingerprint density at radius 3 is 2.50 bits per heavy atom. The summed E-state index contributed by atoms with van der Waals surface area (Å²) >= 11 is 0. The third-order valence-corrected chi connectivity index (χ3v) is 1.55. The third kappa shape index (κ3) is 1.31. The lowest BCUT2D eigenvalue weighted by Gasteiger charge is -1.90. The molecule has 1 rings (SSSR count). The van der Waals surface area contributed by atoms with Gasteiger partial charge in [-0.15, -0.1) is 9.19 Å². The molecule has 6 nitrogen and oxygen atoms in total. The Kier molecular flexibility index (Phi) is 1.45. The van der Waals surface area contributed by atoms with Crippen molar-refractivity contribution in [1.29, 1.82) is 0 Å². The van der Waals surface area contributed by atoms with Crippen molar-refractivity contribution < 1.29 is 8.42 Å². The fraction of sp³-hybridized carbons (Fsp3) is 0.333. The van der Waals surface area contributed by atoms with Gasteiger partial charge in [-0.25, -0.2) is 5.14 Å². The molecule has 7 heteroatoms. The minimum absolute atomic E-state index is 0.508. The van der Waals surface area contributed by atoms with Crippen molar-refractivity contribution in [2.24, 2.45) is 5.14 Å². The monoisotopic (exact) mass is 162 g/mol. The molecule has 0 amide bonds. The number of hydrogen-bond acceptors (Lipinski definition) is 4. The zero-order valence-electron chi connectivity index (χ0n) is 5.22. The van der Waals surface area contributed by atoms with Crippen molar-refractivity contribution in [3.05, 3.63) is 11.9 Å². The van der Waals surface area contributed by atoms with E-state index in [-0.39, 0.29) is 0 Å². The van der Waals surface area contributed by atoms with E-state index in [1.165, 1.54) is 6.20 Å². The normalized spacial score (nSPS) is 11.8. The van der Waals surface area contributed by atoms with Crippen LogP contribution in [0.1, 0.15) is 5.69 Å². The topological polar surface area (TPSA) is 90.9 Å². The smallest absolute Gasteiger partial charge is 0.209 e. The number of rotatable bonds is 1. The molecule has 0 spiro atoms. The fourth-order valence-electron chi connectivity index (χ4n) is 0.450. The molecule has 1 aromatic rings. The third-order valence-electron chi connectivity index (χ3n) is 0.849. The molecule has 56 valence electrons. The van der Waals surface area contributed by atoms with Gasteiger partial charge in [0, 0.05) is 0 Å². The first-order valence-corrected chi connectivity index (χ1v) is 3.93. The van der Waals surface area contributed by atoms with Gasteiger partial charge in [-0.1, -0.05) is 5.21 Å². The minimum Gasteiger partial charge on any atom is -0.209 e. The maximum Gasteiger partial charge on any atom is 0.319 e. The SMILES string of the molecule is Cc1cn(S(N)(=O)=O)nn1. The van der Waals surface area contributed by atoms with E-state index in [1.807, 2.05) is 0 Å². The number of nitrogens with two attached hydrogens (primary N) is 1. The van der Waals surface area contributed by atoms with Gasteiger partial charge in [0.15, 0.2) is 0 Å². The molecular weight excluding hydrogens is 156 g/mol. The first-order chi connectivity index (χ1) is 4.50. The molecule has 2 N–H and O–H groups in total. The zero-order chi connectivity index (χ0) is 7.78. The van der Waals surface area contributed by atoms with E-state index in [2.05, 4.69) is 10.3 Å². The summed E-state index contributed by atoms with van der Waals surface area (Å²) in [5.41, 5.74) is 0.508. The number of nitrogens with zero attached hydrogens (tertiary/aromatic N) is 3. The summed E-state index contributed by atoms with van der Waals surface area (Å²) in [5, 5.41) is 11.4. The molecule has 0 saturated heterocycles. The van der Waals surface area contributed by atoms with E-state index in [0.717, 1.165) is 0 Å². The highest BCUT2D eigenvalue weighted by Gasteiger charge is 2.05. The summed E-state index contributed by atoms with van der Waals surface area (Å²) in [6.45, 7) is 1.62. The van der Waals surface area contributed by atoms with Crippen LogP contribution in [-0.4, -0.2) is 22.8 Å². The maximum atomic E-state index is 10.5. The summed E-state index contributed by atoms with van der Waals surface area (Å²) in [5.74, 6) is 0. The average molecular weight is 162 g/mol. The van der Waals surface area contributed by atoms with Gasteiger partial charge in [0.2, 0.25) is 0 Å². The lowest BCUT2D eigenvalue weighted by atomic mass is 10.6. The van der Waals surface area contributed by atoms with Gasteiger partial charge >= 0.3 is 10.2 Å². The molecule has 0 aliphatic carbocycles. The molecule has 0 fully saturated rings. The second-order valence-corrected chi connectivity index (χ2v) is 3.18. The van der Waals surface area contributed by atoms with E-state index >= 15 is 0 Å². The summed E-state index contributed by atoms with van der Waals surface area (Å²) in [4.78, 5) is 0. The van der Waals surface area contributed by atoms with Gasteiger partial charge in [0.05, 0.1) is 11.9 Å². The lowest BCUT2D eigenvalue weighted by Crippen LogP contribution is -2.22. The first-order valence-electron chi connectivity index (χ1n) is 2.42. The van der Waals surface area contributed by atoms with Gasteiger partial charge in [0.25, 0.3) is 0 Å². The molecule has 10 heavy (non-hydrogen) atoms. The van der Waals surface area contributed by atoms with Crippen LogP contribution in [0.4, 0.5) is 0 Å². The van der Waals surface area contributed by atoms with E-state index in [1.54, 1.807) is 6.92 Å². The van der Waals surface area contributed by atoms with Crippen LogP contribution >= 0.6 is 0 Å². The van der Waals surface area contributed by atoms with Crippen LogP contribution in [0.3, 0.4) is 0 Å². The molecule has 0 saturated carbocycles. The highest BCUT2D eigenvalue weighted by atomic mass is 32.2. The van der Waals surface area contributed by atoms with E-state index < -0.39 is 10.2 Å². The van der Waals surface area contributed by atoms with E-state index in [0.29, 0.717) is 9.78 Å². The largest absolute Gasteiger partial charge is 0.319 e. The first kappa shape index (κ1) is 7.16. The van der Waals surface area contributed by atoms with Gasteiger partial charge in [0.1, 0.15) is 0 Å². The van der Waals surface area contributed by atoms with E-state index in [9.17, 15) is 8.42 Å². The summed E-state index contributed by atoms with van der Waals surface area (Å²) in [7, 11) is -3.74. The lowest BCUT2D eigenvalue weighted by molar-refractivity contribution is 0.579. The van der Waals surface area contributed by atoms with Crippen molar-refractivity contribution in [1.82, 2.24) is 14.4 Å². The van der Waals surface area contributed by atoms with Crippen molar-refractivity contribution >= 4 is 10.2 Å². The number of aromatic nitrogens is 3. The van der Waals surface area contributed by atoms with Crippen LogP contribution < -0.4 is 5.14 Å². The number of hydrogen-bond donors (Lipinski definition) is 1. The minimum atomic E-state index is -3.74. The predicted octanol–water partition coefficient (Wildman–Crippen LogP) is -1.36. The van der Waals surface area contributed by atoms with Crippen LogP contribution in [0.2, 0.25) is 0 Å².